The number of aromatic nitrogens is 2. The summed E-state index contributed by atoms with van der Waals surface area (Å²) < 4.78 is 24.5. The molecule has 14 heteroatoms. The molecule has 3 aromatic rings. The van der Waals surface area contributed by atoms with E-state index in [0.29, 0.717) is 36.7 Å². The van der Waals surface area contributed by atoms with Gasteiger partial charge in [0, 0.05) is 29.7 Å². The Morgan fingerprint density at radius 1 is 1.11 bits per heavy atom. The standard InChI is InChI=1S/C24H23Cl3N5O5P/c25-15-4-5-20-14(10-15)12-36-38(35,37-20)13-32-8-6-16(7-9-32)29-24(34)22-19(11-28-31-22)30-23(33)21-17(26)2-1-3-18(21)27/h1-5,10-11,16H,6-9,12-13H2,(H,28,31)(H,29,34)(H,30,33). The molecule has 2 aliphatic heterocycles. The number of nitrogens with one attached hydrogen (secondary N) is 3. The molecule has 0 aliphatic carbocycles. The van der Waals surface area contributed by atoms with E-state index in [1.807, 2.05) is 4.90 Å². The summed E-state index contributed by atoms with van der Waals surface area (Å²) in [5, 5.41) is 13.1. The van der Waals surface area contributed by atoms with E-state index in [9.17, 15) is 14.2 Å². The highest BCUT2D eigenvalue weighted by Gasteiger charge is 2.36. The fourth-order valence-electron chi connectivity index (χ4n) is 4.34. The van der Waals surface area contributed by atoms with E-state index in [4.69, 9.17) is 43.9 Å². The largest absolute Gasteiger partial charge is 0.423 e. The summed E-state index contributed by atoms with van der Waals surface area (Å²) >= 11 is 18.2. The maximum absolute atomic E-state index is 13.2. The summed E-state index contributed by atoms with van der Waals surface area (Å²) in [5.74, 6) is -0.453. The zero-order chi connectivity index (χ0) is 26.9. The lowest BCUT2D eigenvalue weighted by atomic mass is 10.1. The Labute approximate surface area is 233 Å². The molecule has 3 heterocycles. The van der Waals surface area contributed by atoms with Crippen LogP contribution in [-0.2, 0) is 15.7 Å². The maximum atomic E-state index is 13.2. The van der Waals surface area contributed by atoms with Crippen LogP contribution in [-0.4, -0.2) is 52.3 Å². The zero-order valence-corrected chi connectivity index (χ0v) is 23.0. The number of hydrogen-bond acceptors (Lipinski definition) is 7. The van der Waals surface area contributed by atoms with Gasteiger partial charge in [-0.05, 0) is 43.2 Å². The highest BCUT2D eigenvalue weighted by Crippen LogP contribution is 2.54. The van der Waals surface area contributed by atoms with Crippen LogP contribution in [0.3, 0.4) is 0 Å². The SMILES string of the molecule is O=C(NC1CCN(CP2(=O)OCc3cc(Cl)ccc3O2)CC1)c1[nH]ncc1NC(=O)c1c(Cl)cccc1Cl. The molecule has 38 heavy (non-hydrogen) atoms. The fourth-order valence-corrected chi connectivity index (χ4v) is 6.88. The normalized spacial score (nSPS) is 19.9. The second kappa shape index (κ2) is 11.3. The molecule has 1 fully saturated rings. The monoisotopic (exact) mass is 597 g/mol. The minimum absolute atomic E-state index is 0.105. The van der Waals surface area contributed by atoms with Crippen LogP contribution in [0, 0.1) is 0 Å². The fraction of sp³-hybridized carbons (Fsp3) is 0.292. The van der Waals surface area contributed by atoms with Crippen molar-refractivity contribution in [3.63, 3.8) is 0 Å². The van der Waals surface area contributed by atoms with Crippen LogP contribution in [0.5, 0.6) is 5.75 Å². The number of H-pyrrole nitrogens is 1. The molecular formula is C24H23Cl3N5O5P. The van der Waals surface area contributed by atoms with Gasteiger partial charge in [-0.25, -0.2) is 4.57 Å². The predicted octanol–water partition coefficient (Wildman–Crippen LogP) is 5.58. The van der Waals surface area contributed by atoms with Gasteiger partial charge in [0.25, 0.3) is 11.8 Å². The lowest BCUT2D eigenvalue weighted by molar-refractivity contribution is 0.0908. The second-order valence-electron chi connectivity index (χ2n) is 8.94. The van der Waals surface area contributed by atoms with Crippen molar-refractivity contribution in [3.05, 3.63) is 74.5 Å². The molecule has 200 valence electrons. The van der Waals surface area contributed by atoms with E-state index in [0.717, 1.165) is 5.56 Å². The Morgan fingerprint density at radius 3 is 2.58 bits per heavy atom. The Morgan fingerprint density at radius 2 is 1.84 bits per heavy atom. The third-order valence-electron chi connectivity index (χ3n) is 6.28. The van der Waals surface area contributed by atoms with Crippen molar-refractivity contribution in [3.8, 4) is 5.75 Å². The highest BCUT2D eigenvalue weighted by molar-refractivity contribution is 7.54. The quantitative estimate of drug-likeness (QED) is 0.317. The van der Waals surface area contributed by atoms with Gasteiger partial charge in [-0.3, -0.25) is 24.1 Å². The van der Waals surface area contributed by atoms with Crippen molar-refractivity contribution in [2.24, 2.45) is 0 Å². The van der Waals surface area contributed by atoms with Crippen molar-refractivity contribution in [1.29, 1.82) is 0 Å². The Hall–Kier alpha value is -2.59. The topological polar surface area (TPSA) is 126 Å². The van der Waals surface area contributed by atoms with Gasteiger partial charge < -0.3 is 15.2 Å². The summed E-state index contributed by atoms with van der Waals surface area (Å²) in [5.41, 5.74) is 1.17. The lowest BCUT2D eigenvalue weighted by Gasteiger charge is -2.35. The van der Waals surface area contributed by atoms with Gasteiger partial charge in [0.1, 0.15) is 17.7 Å². The van der Waals surface area contributed by atoms with Gasteiger partial charge in [0.2, 0.25) is 0 Å². The first-order valence-electron chi connectivity index (χ1n) is 11.7. The minimum Gasteiger partial charge on any atom is -0.423 e. The van der Waals surface area contributed by atoms with Crippen molar-refractivity contribution >= 4 is 59.9 Å². The number of nitrogens with zero attached hydrogens (tertiary/aromatic N) is 2. The second-order valence-corrected chi connectivity index (χ2v) is 12.1. The average molecular weight is 599 g/mol. The number of piperidine rings is 1. The first-order chi connectivity index (χ1) is 18.2. The van der Waals surface area contributed by atoms with Crippen LogP contribution in [0.15, 0.2) is 42.6 Å². The van der Waals surface area contributed by atoms with Crippen molar-refractivity contribution in [2.45, 2.75) is 25.5 Å². The number of benzene rings is 2. The molecule has 0 bridgehead atoms. The predicted molar refractivity (Wildman–Crippen MR) is 144 cm³/mol. The van der Waals surface area contributed by atoms with E-state index in [1.165, 1.54) is 6.20 Å². The number of carbonyl (C=O) groups is 2. The number of likely N-dealkylation sites (tertiary alicyclic amines) is 1. The Kier molecular flexibility index (Phi) is 8.00. The van der Waals surface area contributed by atoms with Crippen molar-refractivity contribution in [2.75, 3.05) is 24.7 Å². The van der Waals surface area contributed by atoms with Crippen molar-refractivity contribution in [1.82, 2.24) is 20.4 Å². The number of carbonyl (C=O) groups excluding carboxylic acids is 2. The molecule has 2 amide bonds. The van der Waals surface area contributed by atoms with Gasteiger partial charge in [-0.15, -0.1) is 0 Å². The molecule has 2 aliphatic rings. The Bertz CT molecular complexity index is 1410. The first kappa shape index (κ1) is 27.0. The van der Waals surface area contributed by atoms with Crippen LogP contribution >= 0.6 is 42.4 Å². The molecule has 1 saturated heterocycles. The highest BCUT2D eigenvalue weighted by atomic mass is 35.5. The lowest BCUT2D eigenvalue weighted by Crippen LogP contribution is -2.45. The van der Waals surface area contributed by atoms with Crippen LogP contribution in [0.2, 0.25) is 15.1 Å². The zero-order valence-electron chi connectivity index (χ0n) is 19.9. The maximum Gasteiger partial charge on any atom is 0.393 e. The van der Waals surface area contributed by atoms with Crippen LogP contribution < -0.4 is 15.2 Å². The van der Waals surface area contributed by atoms with Gasteiger partial charge >= 0.3 is 7.60 Å². The van der Waals surface area contributed by atoms with Crippen molar-refractivity contribution < 1.29 is 23.2 Å². The summed E-state index contributed by atoms with van der Waals surface area (Å²) in [6.45, 7) is 1.35. The van der Waals surface area contributed by atoms with Crippen LogP contribution in [0.4, 0.5) is 5.69 Å². The average Bonchev–Trinajstić information content (AvgIpc) is 3.33. The van der Waals surface area contributed by atoms with Crippen LogP contribution in [0.25, 0.3) is 0 Å². The third kappa shape index (κ3) is 6.01. The van der Waals surface area contributed by atoms with E-state index in [-0.39, 0.29) is 45.9 Å². The number of rotatable bonds is 6. The van der Waals surface area contributed by atoms with E-state index in [1.54, 1.807) is 36.4 Å². The number of hydrogen-bond donors (Lipinski definition) is 3. The molecule has 0 radical (unpaired) electrons. The van der Waals surface area contributed by atoms with E-state index >= 15 is 0 Å². The minimum atomic E-state index is -3.35. The van der Waals surface area contributed by atoms with Gasteiger partial charge in [-0.2, -0.15) is 5.10 Å². The summed E-state index contributed by atoms with van der Waals surface area (Å²) in [7, 11) is -3.35. The molecule has 5 rings (SSSR count). The third-order valence-corrected chi connectivity index (χ3v) is 8.89. The Balaban J connectivity index is 1.14. The number of aromatic amines is 1. The smallest absolute Gasteiger partial charge is 0.393 e. The number of halogens is 3. The number of amides is 2. The molecular weight excluding hydrogens is 576 g/mol. The first-order valence-corrected chi connectivity index (χ1v) is 14.6. The number of fused-ring (bicyclic) bond motifs is 1. The molecule has 1 atom stereocenters. The molecule has 0 spiro atoms. The molecule has 1 aromatic heterocycles. The summed E-state index contributed by atoms with van der Waals surface area (Å²) in [6, 6.07) is 9.73. The summed E-state index contributed by atoms with van der Waals surface area (Å²) in [4.78, 5) is 27.7. The van der Waals surface area contributed by atoms with Crippen LogP contribution in [0.1, 0.15) is 39.3 Å². The molecule has 3 N–H and O–H groups in total. The summed E-state index contributed by atoms with van der Waals surface area (Å²) in [6.07, 6.45) is 2.75. The van der Waals surface area contributed by atoms with Gasteiger partial charge in [0.15, 0.2) is 0 Å². The molecule has 2 aromatic carbocycles. The molecule has 0 saturated carbocycles. The van der Waals surface area contributed by atoms with E-state index < -0.39 is 19.4 Å². The van der Waals surface area contributed by atoms with Gasteiger partial charge in [-0.1, -0.05) is 40.9 Å². The van der Waals surface area contributed by atoms with Gasteiger partial charge in [0.05, 0.1) is 34.1 Å². The number of anilines is 1. The van der Waals surface area contributed by atoms with E-state index in [2.05, 4.69) is 20.8 Å². The molecule has 10 nitrogen and oxygen atoms in total. The molecule has 1 unspecified atom stereocenters.